The molecule has 0 aliphatic heterocycles. The second-order valence-corrected chi connectivity index (χ2v) is 5.63. The van der Waals surface area contributed by atoms with E-state index in [1.165, 1.54) is 0 Å². The van der Waals surface area contributed by atoms with Gasteiger partial charge >= 0.3 is 0 Å². The van der Waals surface area contributed by atoms with Crippen LogP contribution in [0.1, 0.15) is 25.0 Å². The van der Waals surface area contributed by atoms with E-state index in [4.69, 9.17) is 4.74 Å². The van der Waals surface area contributed by atoms with Gasteiger partial charge in [0.1, 0.15) is 18.5 Å². The number of hydrogen-bond donors (Lipinski definition) is 3. The average Bonchev–Trinajstić information content (AvgIpc) is 2.26. The predicted octanol–water partition coefficient (Wildman–Crippen LogP) is 1.40. The lowest BCUT2D eigenvalue weighted by Gasteiger charge is -2.20. The van der Waals surface area contributed by atoms with Crippen LogP contribution in [0.5, 0.6) is 5.75 Å². The SMILES string of the molecule is Cc1cccc(C)c1OCC(O)CNCC(C)(C)O. The van der Waals surface area contributed by atoms with E-state index in [1.54, 1.807) is 13.8 Å². The Morgan fingerprint density at radius 1 is 1.26 bits per heavy atom. The average molecular weight is 267 g/mol. The highest BCUT2D eigenvalue weighted by atomic mass is 16.5. The molecule has 1 aromatic carbocycles. The minimum absolute atomic E-state index is 0.241. The van der Waals surface area contributed by atoms with Gasteiger partial charge in [-0.2, -0.15) is 0 Å². The summed E-state index contributed by atoms with van der Waals surface area (Å²) in [6, 6.07) is 5.96. The summed E-state index contributed by atoms with van der Waals surface area (Å²) in [5, 5.41) is 22.4. The molecule has 4 heteroatoms. The Hall–Kier alpha value is -1.10. The maximum atomic E-state index is 9.82. The van der Waals surface area contributed by atoms with Gasteiger partial charge in [0, 0.05) is 13.1 Å². The van der Waals surface area contributed by atoms with Crippen LogP contribution < -0.4 is 10.1 Å². The summed E-state index contributed by atoms with van der Waals surface area (Å²) in [5.74, 6) is 0.837. The number of ether oxygens (including phenoxy) is 1. The van der Waals surface area contributed by atoms with Gasteiger partial charge in [0.05, 0.1) is 5.60 Å². The van der Waals surface area contributed by atoms with Crippen LogP contribution in [0.3, 0.4) is 0 Å². The second-order valence-electron chi connectivity index (χ2n) is 5.63. The molecule has 0 aromatic heterocycles. The molecular weight excluding hydrogens is 242 g/mol. The van der Waals surface area contributed by atoms with Crippen molar-refractivity contribution < 1.29 is 14.9 Å². The Bertz CT molecular complexity index is 379. The third-order valence-electron chi connectivity index (χ3n) is 2.77. The number of hydrogen-bond acceptors (Lipinski definition) is 4. The Morgan fingerprint density at radius 3 is 2.37 bits per heavy atom. The zero-order chi connectivity index (χ0) is 14.5. The fourth-order valence-corrected chi connectivity index (χ4v) is 1.81. The third-order valence-corrected chi connectivity index (χ3v) is 2.77. The molecule has 1 rings (SSSR count). The monoisotopic (exact) mass is 267 g/mol. The molecule has 0 saturated heterocycles. The van der Waals surface area contributed by atoms with Crippen molar-refractivity contribution in [3.63, 3.8) is 0 Å². The molecule has 1 aromatic rings. The van der Waals surface area contributed by atoms with Gasteiger partial charge in [-0.3, -0.25) is 0 Å². The van der Waals surface area contributed by atoms with Crippen molar-refractivity contribution >= 4 is 0 Å². The number of aliphatic hydroxyl groups excluding tert-OH is 1. The molecule has 0 heterocycles. The zero-order valence-corrected chi connectivity index (χ0v) is 12.2. The van der Waals surface area contributed by atoms with Crippen LogP contribution in [0.25, 0.3) is 0 Å². The number of rotatable bonds is 7. The van der Waals surface area contributed by atoms with Gasteiger partial charge in [0.25, 0.3) is 0 Å². The number of aliphatic hydroxyl groups is 2. The lowest BCUT2D eigenvalue weighted by atomic mass is 10.1. The largest absolute Gasteiger partial charge is 0.490 e. The van der Waals surface area contributed by atoms with Crippen LogP contribution in [0.2, 0.25) is 0 Å². The summed E-state index contributed by atoms with van der Waals surface area (Å²) >= 11 is 0. The normalized spacial score (nSPS) is 13.4. The molecule has 1 unspecified atom stereocenters. The highest BCUT2D eigenvalue weighted by Gasteiger charge is 2.13. The van der Waals surface area contributed by atoms with E-state index >= 15 is 0 Å². The molecule has 0 spiro atoms. The van der Waals surface area contributed by atoms with Crippen LogP contribution in [0.15, 0.2) is 18.2 Å². The molecule has 0 saturated carbocycles. The van der Waals surface area contributed by atoms with Crippen LogP contribution in [0, 0.1) is 13.8 Å². The first-order valence-corrected chi connectivity index (χ1v) is 6.60. The minimum atomic E-state index is -0.771. The van der Waals surface area contributed by atoms with Crippen molar-refractivity contribution in [1.82, 2.24) is 5.32 Å². The molecule has 4 nitrogen and oxygen atoms in total. The van der Waals surface area contributed by atoms with Crippen LogP contribution in [-0.2, 0) is 0 Å². The van der Waals surface area contributed by atoms with Gasteiger partial charge < -0.3 is 20.3 Å². The van der Waals surface area contributed by atoms with Crippen molar-refractivity contribution in [2.24, 2.45) is 0 Å². The van der Waals surface area contributed by atoms with Gasteiger partial charge in [-0.15, -0.1) is 0 Å². The first kappa shape index (κ1) is 16.0. The van der Waals surface area contributed by atoms with E-state index in [-0.39, 0.29) is 6.61 Å². The molecule has 19 heavy (non-hydrogen) atoms. The Labute approximate surface area is 115 Å². The van der Waals surface area contributed by atoms with Crippen LogP contribution >= 0.6 is 0 Å². The molecule has 1 atom stereocenters. The molecule has 0 fully saturated rings. The molecule has 108 valence electrons. The summed E-state index contributed by atoms with van der Waals surface area (Å²) in [4.78, 5) is 0. The number of nitrogens with one attached hydrogen (secondary N) is 1. The number of benzene rings is 1. The highest BCUT2D eigenvalue weighted by molar-refractivity contribution is 5.39. The van der Waals surface area contributed by atoms with Gasteiger partial charge in [-0.25, -0.2) is 0 Å². The summed E-state index contributed by atoms with van der Waals surface area (Å²) in [5.41, 5.74) is 1.36. The van der Waals surface area contributed by atoms with E-state index in [2.05, 4.69) is 5.32 Å². The second kappa shape index (κ2) is 6.89. The highest BCUT2D eigenvalue weighted by Crippen LogP contribution is 2.22. The maximum Gasteiger partial charge on any atom is 0.125 e. The lowest BCUT2D eigenvalue weighted by Crippen LogP contribution is -2.40. The van der Waals surface area contributed by atoms with Crippen molar-refractivity contribution in [2.45, 2.75) is 39.4 Å². The standard InChI is InChI=1S/C15H25NO3/c1-11-6-5-7-12(2)14(11)19-9-13(17)8-16-10-15(3,4)18/h5-7,13,16-18H,8-10H2,1-4H3. The first-order chi connectivity index (χ1) is 8.79. The topological polar surface area (TPSA) is 61.7 Å². The summed E-state index contributed by atoms with van der Waals surface area (Å²) in [6.07, 6.45) is -0.596. The van der Waals surface area contributed by atoms with Gasteiger partial charge in [0.2, 0.25) is 0 Å². The first-order valence-electron chi connectivity index (χ1n) is 6.60. The fourth-order valence-electron chi connectivity index (χ4n) is 1.81. The maximum absolute atomic E-state index is 9.82. The molecular formula is C15H25NO3. The summed E-state index contributed by atoms with van der Waals surface area (Å²) < 4.78 is 5.66. The third kappa shape index (κ3) is 6.05. The Balaban J connectivity index is 2.36. The number of para-hydroxylation sites is 1. The van der Waals surface area contributed by atoms with E-state index in [0.29, 0.717) is 13.1 Å². The summed E-state index contributed by atoms with van der Waals surface area (Å²) in [6.45, 7) is 8.49. The van der Waals surface area contributed by atoms with Crippen LogP contribution in [0.4, 0.5) is 0 Å². The van der Waals surface area contributed by atoms with E-state index in [0.717, 1.165) is 16.9 Å². The minimum Gasteiger partial charge on any atom is -0.490 e. The Morgan fingerprint density at radius 2 is 1.84 bits per heavy atom. The molecule has 3 N–H and O–H groups in total. The molecule has 0 aliphatic carbocycles. The zero-order valence-electron chi connectivity index (χ0n) is 12.2. The quantitative estimate of drug-likeness (QED) is 0.699. The van der Waals surface area contributed by atoms with E-state index in [1.807, 2.05) is 32.0 Å². The van der Waals surface area contributed by atoms with Crippen molar-refractivity contribution in [2.75, 3.05) is 19.7 Å². The van der Waals surface area contributed by atoms with Crippen molar-refractivity contribution in [3.8, 4) is 5.75 Å². The van der Waals surface area contributed by atoms with Crippen molar-refractivity contribution in [3.05, 3.63) is 29.3 Å². The molecule has 0 aliphatic rings. The molecule has 0 bridgehead atoms. The fraction of sp³-hybridized carbons (Fsp3) is 0.600. The Kier molecular flexibility index (Phi) is 5.79. The predicted molar refractivity (Wildman–Crippen MR) is 76.6 cm³/mol. The smallest absolute Gasteiger partial charge is 0.125 e. The van der Waals surface area contributed by atoms with E-state index < -0.39 is 11.7 Å². The molecule has 0 amide bonds. The van der Waals surface area contributed by atoms with Gasteiger partial charge in [0.15, 0.2) is 0 Å². The van der Waals surface area contributed by atoms with Gasteiger partial charge in [-0.05, 0) is 38.8 Å². The lowest BCUT2D eigenvalue weighted by molar-refractivity contribution is 0.0664. The molecule has 0 radical (unpaired) electrons. The number of aryl methyl sites for hydroxylation is 2. The van der Waals surface area contributed by atoms with Crippen LogP contribution in [-0.4, -0.2) is 41.6 Å². The summed E-state index contributed by atoms with van der Waals surface area (Å²) in [7, 11) is 0. The van der Waals surface area contributed by atoms with Gasteiger partial charge in [-0.1, -0.05) is 18.2 Å². The van der Waals surface area contributed by atoms with Crippen molar-refractivity contribution in [1.29, 1.82) is 0 Å². The van der Waals surface area contributed by atoms with E-state index in [9.17, 15) is 10.2 Å².